The Hall–Kier alpha value is -2.02. The summed E-state index contributed by atoms with van der Waals surface area (Å²) in [6, 6.07) is 5.07. The number of rotatable bonds is 4. The van der Waals surface area contributed by atoms with E-state index < -0.39 is 0 Å². The molecule has 0 bridgehead atoms. The quantitative estimate of drug-likeness (QED) is 0.556. The van der Waals surface area contributed by atoms with E-state index in [0.717, 1.165) is 12.0 Å². The van der Waals surface area contributed by atoms with E-state index in [1.807, 2.05) is 6.92 Å². The van der Waals surface area contributed by atoms with Gasteiger partial charge in [0.2, 0.25) is 12.2 Å². The van der Waals surface area contributed by atoms with Gasteiger partial charge in [0, 0.05) is 5.56 Å². The standard InChI is InChI=1S/C11H10N2O2/c1-2-4-9-10(12-7-14)5-3-6-11(9)13-8-15/h3,5-6H,2,4H2,1H3. The van der Waals surface area contributed by atoms with E-state index in [9.17, 15) is 9.59 Å². The number of isocyanates is 2. The topological polar surface area (TPSA) is 58.9 Å². The molecule has 0 aromatic heterocycles. The number of aliphatic imine (C=N–C) groups is 2. The van der Waals surface area contributed by atoms with Gasteiger partial charge in [-0.25, -0.2) is 9.59 Å². The van der Waals surface area contributed by atoms with Gasteiger partial charge in [-0.15, -0.1) is 0 Å². The molecule has 0 N–H and O–H groups in total. The fourth-order valence-corrected chi connectivity index (χ4v) is 1.38. The first-order chi connectivity index (χ1) is 7.33. The molecule has 15 heavy (non-hydrogen) atoms. The van der Waals surface area contributed by atoms with Crippen molar-refractivity contribution in [2.45, 2.75) is 19.8 Å². The van der Waals surface area contributed by atoms with Gasteiger partial charge in [0.05, 0.1) is 11.4 Å². The molecule has 0 amide bonds. The molecule has 0 fully saturated rings. The maximum atomic E-state index is 10.2. The summed E-state index contributed by atoms with van der Waals surface area (Å²) in [5.41, 5.74) is 1.82. The molecule has 4 nitrogen and oxygen atoms in total. The predicted molar refractivity (Wildman–Crippen MR) is 56.0 cm³/mol. The minimum absolute atomic E-state index is 0.517. The zero-order chi connectivity index (χ0) is 11.1. The molecule has 0 aliphatic carbocycles. The van der Waals surface area contributed by atoms with Crippen molar-refractivity contribution in [1.29, 1.82) is 0 Å². The van der Waals surface area contributed by atoms with Gasteiger partial charge in [0.1, 0.15) is 0 Å². The van der Waals surface area contributed by atoms with Crippen molar-refractivity contribution in [1.82, 2.24) is 0 Å². The Kier molecular flexibility index (Phi) is 4.17. The van der Waals surface area contributed by atoms with E-state index in [0.29, 0.717) is 17.8 Å². The van der Waals surface area contributed by atoms with Crippen LogP contribution in [-0.4, -0.2) is 12.2 Å². The molecule has 0 saturated carbocycles. The molecule has 0 heterocycles. The third kappa shape index (κ3) is 2.71. The second kappa shape index (κ2) is 5.66. The maximum Gasteiger partial charge on any atom is 0.240 e. The molecular weight excluding hydrogens is 192 g/mol. The lowest BCUT2D eigenvalue weighted by atomic mass is 10.1. The van der Waals surface area contributed by atoms with E-state index >= 15 is 0 Å². The Bertz CT molecular complexity index is 406. The van der Waals surface area contributed by atoms with Crippen LogP contribution in [0, 0.1) is 0 Å². The number of benzene rings is 1. The summed E-state index contributed by atoms with van der Waals surface area (Å²) in [5.74, 6) is 0. The van der Waals surface area contributed by atoms with Gasteiger partial charge in [-0.1, -0.05) is 19.4 Å². The zero-order valence-corrected chi connectivity index (χ0v) is 8.36. The number of nitrogens with zero attached hydrogens (tertiary/aromatic N) is 2. The van der Waals surface area contributed by atoms with Crippen molar-refractivity contribution in [2.75, 3.05) is 0 Å². The molecule has 1 aromatic rings. The minimum atomic E-state index is 0.517. The van der Waals surface area contributed by atoms with Crippen LogP contribution in [0.25, 0.3) is 0 Å². The van der Waals surface area contributed by atoms with Gasteiger partial charge in [-0.2, -0.15) is 9.98 Å². The Morgan fingerprint density at radius 3 is 2.07 bits per heavy atom. The molecule has 4 heteroatoms. The molecule has 0 aliphatic rings. The molecule has 0 unspecified atom stereocenters. The third-order valence-corrected chi connectivity index (χ3v) is 1.96. The van der Waals surface area contributed by atoms with E-state index in [1.165, 1.54) is 12.2 Å². The van der Waals surface area contributed by atoms with Crippen LogP contribution in [0.5, 0.6) is 0 Å². The van der Waals surface area contributed by atoms with E-state index in [4.69, 9.17) is 0 Å². The van der Waals surface area contributed by atoms with Crippen LogP contribution in [-0.2, 0) is 16.0 Å². The first-order valence-electron chi connectivity index (χ1n) is 4.61. The molecule has 1 rings (SSSR count). The van der Waals surface area contributed by atoms with Crippen molar-refractivity contribution in [2.24, 2.45) is 9.98 Å². The van der Waals surface area contributed by atoms with E-state index in [2.05, 4.69) is 9.98 Å². The highest BCUT2D eigenvalue weighted by Crippen LogP contribution is 2.29. The van der Waals surface area contributed by atoms with Crippen LogP contribution in [0.2, 0.25) is 0 Å². The number of hydrogen-bond donors (Lipinski definition) is 0. The molecule has 0 saturated heterocycles. The molecule has 0 aliphatic heterocycles. The lowest BCUT2D eigenvalue weighted by Crippen LogP contribution is -1.85. The number of hydrogen-bond acceptors (Lipinski definition) is 4. The normalized spacial score (nSPS) is 8.87. The summed E-state index contributed by atoms with van der Waals surface area (Å²) in [7, 11) is 0. The first-order valence-corrected chi connectivity index (χ1v) is 4.61. The van der Waals surface area contributed by atoms with Crippen molar-refractivity contribution >= 4 is 23.5 Å². The highest BCUT2D eigenvalue weighted by molar-refractivity contribution is 5.65. The maximum absolute atomic E-state index is 10.2. The summed E-state index contributed by atoms with van der Waals surface area (Å²) in [4.78, 5) is 27.5. The van der Waals surface area contributed by atoms with Crippen LogP contribution in [0.3, 0.4) is 0 Å². The van der Waals surface area contributed by atoms with Gasteiger partial charge >= 0.3 is 0 Å². The van der Waals surface area contributed by atoms with Crippen LogP contribution in [0.1, 0.15) is 18.9 Å². The van der Waals surface area contributed by atoms with Crippen molar-refractivity contribution in [3.8, 4) is 0 Å². The number of carbonyl (C=O) groups excluding carboxylic acids is 2. The van der Waals surface area contributed by atoms with Gasteiger partial charge in [-0.05, 0) is 18.6 Å². The van der Waals surface area contributed by atoms with Crippen molar-refractivity contribution in [3.63, 3.8) is 0 Å². The van der Waals surface area contributed by atoms with Crippen molar-refractivity contribution in [3.05, 3.63) is 23.8 Å². The van der Waals surface area contributed by atoms with E-state index in [-0.39, 0.29) is 0 Å². The fraction of sp³-hybridized carbons (Fsp3) is 0.273. The predicted octanol–water partition coefficient (Wildman–Crippen LogP) is 2.57. The lowest BCUT2D eigenvalue weighted by molar-refractivity contribution is 0.565. The highest BCUT2D eigenvalue weighted by atomic mass is 16.1. The SMILES string of the molecule is CCCc1c(N=C=O)cccc1N=C=O. The molecular formula is C11H10N2O2. The largest absolute Gasteiger partial charge is 0.240 e. The van der Waals surface area contributed by atoms with Gasteiger partial charge < -0.3 is 0 Å². The summed E-state index contributed by atoms with van der Waals surface area (Å²) in [6.07, 6.45) is 4.57. The smallest absolute Gasteiger partial charge is 0.211 e. The monoisotopic (exact) mass is 202 g/mol. The second-order valence-electron chi connectivity index (χ2n) is 2.93. The Labute approximate surface area is 87.4 Å². The second-order valence-corrected chi connectivity index (χ2v) is 2.93. The van der Waals surface area contributed by atoms with Crippen LogP contribution in [0.4, 0.5) is 11.4 Å². The Morgan fingerprint density at radius 1 is 1.13 bits per heavy atom. The summed E-state index contributed by atoms with van der Waals surface area (Å²) in [6.45, 7) is 2.00. The minimum Gasteiger partial charge on any atom is -0.211 e. The van der Waals surface area contributed by atoms with Crippen LogP contribution < -0.4 is 0 Å². The van der Waals surface area contributed by atoms with Crippen molar-refractivity contribution < 1.29 is 9.59 Å². The average molecular weight is 202 g/mol. The zero-order valence-electron chi connectivity index (χ0n) is 8.36. The van der Waals surface area contributed by atoms with Crippen LogP contribution in [0.15, 0.2) is 28.2 Å². The highest BCUT2D eigenvalue weighted by Gasteiger charge is 2.06. The molecule has 0 radical (unpaired) electrons. The molecule has 0 atom stereocenters. The summed E-state index contributed by atoms with van der Waals surface area (Å²) in [5, 5.41) is 0. The molecule has 0 spiro atoms. The summed E-state index contributed by atoms with van der Waals surface area (Å²) >= 11 is 0. The molecule has 76 valence electrons. The Balaban J connectivity index is 3.32. The average Bonchev–Trinajstić information content (AvgIpc) is 2.23. The van der Waals surface area contributed by atoms with Gasteiger partial charge in [-0.3, -0.25) is 0 Å². The van der Waals surface area contributed by atoms with Gasteiger partial charge in [0.25, 0.3) is 0 Å². The molecule has 1 aromatic carbocycles. The van der Waals surface area contributed by atoms with E-state index in [1.54, 1.807) is 18.2 Å². The first kappa shape index (κ1) is 11.1. The Morgan fingerprint density at radius 2 is 1.67 bits per heavy atom. The van der Waals surface area contributed by atoms with Gasteiger partial charge in [0.15, 0.2) is 0 Å². The fourth-order valence-electron chi connectivity index (χ4n) is 1.38. The lowest BCUT2D eigenvalue weighted by Gasteiger charge is -2.04. The summed E-state index contributed by atoms with van der Waals surface area (Å²) < 4.78 is 0. The van der Waals surface area contributed by atoms with Crippen LogP contribution >= 0.6 is 0 Å². The third-order valence-electron chi connectivity index (χ3n) is 1.96.